The molecule has 0 radical (unpaired) electrons. The van der Waals surface area contributed by atoms with Gasteiger partial charge in [0.25, 0.3) is 11.8 Å². The van der Waals surface area contributed by atoms with Crippen LogP contribution < -0.4 is 10.9 Å². The van der Waals surface area contributed by atoms with Crippen LogP contribution in [0.4, 0.5) is 0 Å². The summed E-state index contributed by atoms with van der Waals surface area (Å²) in [5.74, 6) is -0.888. The van der Waals surface area contributed by atoms with Crippen LogP contribution in [-0.4, -0.2) is 21.4 Å². The van der Waals surface area contributed by atoms with Crippen molar-refractivity contribution in [2.24, 2.45) is 0 Å². The molecule has 0 fully saturated rings. The lowest BCUT2D eigenvalue weighted by molar-refractivity contribution is 0.0844. The third-order valence-electron chi connectivity index (χ3n) is 4.15. The highest BCUT2D eigenvalue weighted by atomic mass is 16.2. The normalized spacial score (nSPS) is 10.5. The Balaban J connectivity index is 1.50. The zero-order chi connectivity index (χ0) is 18.6. The molecule has 2 heterocycles. The standard InChI is InChI=1S/C21H16N4O2/c26-20(16-8-2-4-10-19(16)25-13-5-6-14-25)23-24-21(27)18-12-11-15-7-1-3-9-17(15)22-18/h1-14H,(H,23,26)(H,24,27). The van der Waals surface area contributed by atoms with Crippen molar-refractivity contribution in [3.05, 3.63) is 96.4 Å². The molecule has 4 aromatic rings. The van der Waals surface area contributed by atoms with E-state index in [1.807, 2.05) is 71.6 Å². The molecule has 0 spiro atoms. The molecule has 0 aliphatic heterocycles. The monoisotopic (exact) mass is 356 g/mol. The van der Waals surface area contributed by atoms with E-state index in [4.69, 9.17) is 0 Å². The lowest BCUT2D eigenvalue weighted by Crippen LogP contribution is -2.42. The van der Waals surface area contributed by atoms with E-state index in [1.165, 1.54) is 0 Å². The highest BCUT2D eigenvalue weighted by Crippen LogP contribution is 2.15. The first-order chi connectivity index (χ1) is 13.2. The number of pyridine rings is 1. The van der Waals surface area contributed by atoms with E-state index < -0.39 is 11.8 Å². The zero-order valence-corrected chi connectivity index (χ0v) is 14.3. The van der Waals surface area contributed by atoms with Crippen molar-refractivity contribution in [1.82, 2.24) is 20.4 Å². The van der Waals surface area contributed by atoms with Gasteiger partial charge in [-0.05, 0) is 36.4 Å². The maximum Gasteiger partial charge on any atom is 0.288 e. The smallest absolute Gasteiger partial charge is 0.288 e. The first-order valence-corrected chi connectivity index (χ1v) is 8.41. The minimum atomic E-state index is -0.479. The number of nitrogens with zero attached hydrogens (tertiary/aromatic N) is 2. The van der Waals surface area contributed by atoms with E-state index >= 15 is 0 Å². The van der Waals surface area contributed by atoms with Gasteiger partial charge in [0.2, 0.25) is 0 Å². The number of hydrogen-bond acceptors (Lipinski definition) is 3. The Labute approximate surface area is 155 Å². The Morgan fingerprint density at radius 2 is 1.44 bits per heavy atom. The fourth-order valence-corrected chi connectivity index (χ4v) is 2.82. The van der Waals surface area contributed by atoms with Gasteiger partial charge in [-0.2, -0.15) is 0 Å². The number of benzene rings is 2. The predicted molar refractivity (Wildman–Crippen MR) is 102 cm³/mol. The van der Waals surface area contributed by atoms with Crippen LogP contribution in [0.2, 0.25) is 0 Å². The molecule has 0 saturated heterocycles. The fourth-order valence-electron chi connectivity index (χ4n) is 2.82. The van der Waals surface area contributed by atoms with Crippen molar-refractivity contribution >= 4 is 22.7 Å². The molecule has 4 rings (SSSR count). The Morgan fingerprint density at radius 1 is 0.741 bits per heavy atom. The Morgan fingerprint density at radius 3 is 2.30 bits per heavy atom. The summed E-state index contributed by atoms with van der Waals surface area (Å²) in [6.07, 6.45) is 3.70. The van der Waals surface area contributed by atoms with E-state index in [9.17, 15) is 9.59 Å². The second-order valence-electron chi connectivity index (χ2n) is 5.90. The Bertz CT molecular complexity index is 1120. The van der Waals surface area contributed by atoms with E-state index in [0.717, 1.165) is 16.6 Å². The number of carbonyl (C=O) groups excluding carboxylic acids is 2. The van der Waals surface area contributed by atoms with Crippen LogP contribution in [0.25, 0.3) is 16.6 Å². The molecule has 0 bridgehead atoms. The average molecular weight is 356 g/mol. The summed E-state index contributed by atoms with van der Waals surface area (Å²) in [5, 5.41) is 0.943. The molecule has 0 saturated carbocycles. The zero-order valence-electron chi connectivity index (χ0n) is 14.3. The summed E-state index contributed by atoms with van der Waals surface area (Å²) in [6, 6.07) is 21.9. The van der Waals surface area contributed by atoms with Gasteiger partial charge in [-0.15, -0.1) is 0 Å². The summed E-state index contributed by atoms with van der Waals surface area (Å²) >= 11 is 0. The minimum absolute atomic E-state index is 0.229. The number of fused-ring (bicyclic) bond motifs is 1. The van der Waals surface area contributed by atoms with Crippen LogP contribution in [0.15, 0.2) is 85.2 Å². The highest BCUT2D eigenvalue weighted by Gasteiger charge is 2.14. The molecule has 2 aromatic carbocycles. The summed E-state index contributed by atoms with van der Waals surface area (Å²) in [7, 11) is 0. The van der Waals surface area contributed by atoms with Gasteiger partial charge >= 0.3 is 0 Å². The van der Waals surface area contributed by atoms with E-state index in [-0.39, 0.29) is 5.69 Å². The third-order valence-corrected chi connectivity index (χ3v) is 4.15. The van der Waals surface area contributed by atoms with Crippen LogP contribution in [0.3, 0.4) is 0 Å². The van der Waals surface area contributed by atoms with Crippen molar-refractivity contribution in [1.29, 1.82) is 0 Å². The quantitative estimate of drug-likeness (QED) is 0.554. The molecule has 0 unspecified atom stereocenters. The van der Waals surface area contributed by atoms with Crippen molar-refractivity contribution in [3.63, 3.8) is 0 Å². The first kappa shape index (κ1) is 16.5. The van der Waals surface area contributed by atoms with Gasteiger partial charge < -0.3 is 4.57 Å². The van der Waals surface area contributed by atoms with Crippen molar-refractivity contribution < 1.29 is 9.59 Å². The topological polar surface area (TPSA) is 76.0 Å². The van der Waals surface area contributed by atoms with Crippen LogP contribution in [0.1, 0.15) is 20.8 Å². The molecule has 6 nitrogen and oxygen atoms in total. The van der Waals surface area contributed by atoms with Gasteiger partial charge in [0.1, 0.15) is 5.69 Å². The van der Waals surface area contributed by atoms with Crippen molar-refractivity contribution in [3.8, 4) is 5.69 Å². The van der Waals surface area contributed by atoms with Gasteiger partial charge in [0, 0.05) is 17.8 Å². The minimum Gasteiger partial charge on any atom is -0.323 e. The molecule has 2 amide bonds. The summed E-state index contributed by atoms with van der Waals surface area (Å²) in [4.78, 5) is 29.2. The Hall–Kier alpha value is -3.93. The van der Waals surface area contributed by atoms with Gasteiger partial charge in [0.05, 0.1) is 16.8 Å². The van der Waals surface area contributed by atoms with Crippen LogP contribution in [0, 0.1) is 0 Å². The SMILES string of the molecule is O=C(NNC(=O)c1ccccc1-n1cccc1)c1ccc2ccccc2n1. The molecule has 2 N–H and O–H groups in total. The number of rotatable bonds is 3. The number of amides is 2. The number of hydrogen-bond donors (Lipinski definition) is 2. The third kappa shape index (κ3) is 3.41. The molecular formula is C21H16N4O2. The summed E-state index contributed by atoms with van der Waals surface area (Å²) < 4.78 is 1.83. The number of hydrazine groups is 1. The lowest BCUT2D eigenvalue weighted by atomic mass is 10.1. The van der Waals surface area contributed by atoms with Gasteiger partial charge in [-0.25, -0.2) is 4.98 Å². The molecule has 0 atom stereocenters. The average Bonchev–Trinajstić information content (AvgIpc) is 3.26. The summed E-state index contributed by atoms with van der Waals surface area (Å²) in [6.45, 7) is 0. The van der Waals surface area contributed by atoms with Crippen LogP contribution >= 0.6 is 0 Å². The largest absolute Gasteiger partial charge is 0.323 e. The molecule has 0 aliphatic rings. The van der Waals surface area contributed by atoms with E-state index in [2.05, 4.69) is 15.8 Å². The van der Waals surface area contributed by atoms with Crippen molar-refractivity contribution in [2.45, 2.75) is 0 Å². The number of nitrogens with one attached hydrogen (secondary N) is 2. The van der Waals surface area contributed by atoms with E-state index in [0.29, 0.717) is 5.56 Å². The van der Waals surface area contributed by atoms with Gasteiger partial charge in [-0.1, -0.05) is 36.4 Å². The lowest BCUT2D eigenvalue weighted by Gasteiger charge is -2.12. The van der Waals surface area contributed by atoms with Crippen molar-refractivity contribution in [2.75, 3.05) is 0 Å². The summed E-state index contributed by atoms with van der Waals surface area (Å²) in [5.41, 5.74) is 6.99. The van der Waals surface area contributed by atoms with Gasteiger partial charge in [0.15, 0.2) is 0 Å². The molecule has 0 aliphatic carbocycles. The van der Waals surface area contributed by atoms with Crippen LogP contribution in [-0.2, 0) is 0 Å². The second kappa shape index (κ2) is 7.13. The number of aromatic nitrogens is 2. The maximum atomic E-state index is 12.5. The highest BCUT2D eigenvalue weighted by molar-refractivity contribution is 6.01. The molecule has 2 aromatic heterocycles. The Kier molecular flexibility index (Phi) is 4.37. The van der Waals surface area contributed by atoms with Crippen LogP contribution in [0.5, 0.6) is 0 Å². The van der Waals surface area contributed by atoms with E-state index in [1.54, 1.807) is 18.2 Å². The van der Waals surface area contributed by atoms with Gasteiger partial charge in [-0.3, -0.25) is 20.4 Å². The first-order valence-electron chi connectivity index (χ1n) is 8.41. The number of carbonyl (C=O) groups is 2. The molecule has 132 valence electrons. The molecule has 6 heteroatoms. The second-order valence-corrected chi connectivity index (χ2v) is 5.90. The molecular weight excluding hydrogens is 340 g/mol. The molecule has 27 heavy (non-hydrogen) atoms. The maximum absolute atomic E-state index is 12.5. The predicted octanol–water partition coefficient (Wildman–Crippen LogP) is 3.10. The fraction of sp³-hybridized carbons (Fsp3) is 0. The number of para-hydroxylation sites is 2.